The molecule has 3 N–H and O–H groups in total. The predicted molar refractivity (Wildman–Crippen MR) is 148 cm³/mol. The molecule has 1 atom stereocenters. The second-order valence-corrected chi connectivity index (χ2v) is 10.2. The SMILES string of the molecule is CC(C)(Cc1c[nH]c2c(OCC#N)cccc12)NC[C@H](O)COc1ccccc1-c1ccc(C#N)s1.Cl. The van der Waals surface area contributed by atoms with Crippen molar-refractivity contribution >= 4 is 34.6 Å². The number of nitrogens with zero attached hydrogens (tertiary/aromatic N) is 2. The number of thiophene rings is 1. The second kappa shape index (κ2) is 12.6. The summed E-state index contributed by atoms with van der Waals surface area (Å²) in [6.07, 6.45) is 1.99. The van der Waals surface area contributed by atoms with Crippen molar-refractivity contribution in [1.29, 1.82) is 10.5 Å². The number of aliphatic hydroxyl groups excluding tert-OH is 1. The summed E-state index contributed by atoms with van der Waals surface area (Å²) in [5, 5.41) is 33.0. The van der Waals surface area contributed by atoms with Gasteiger partial charge < -0.3 is 24.9 Å². The van der Waals surface area contributed by atoms with Gasteiger partial charge in [-0.2, -0.15) is 10.5 Å². The molecule has 0 unspecified atom stereocenters. The minimum Gasteiger partial charge on any atom is -0.490 e. The number of hydrogen-bond acceptors (Lipinski definition) is 7. The van der Waals surface area contributed by atoms with Crippen LogP contribution in [0.1, 0.15) is 24.3 Å². The Bertz CT molecular complexity index is 1420. The topological polar surface area (TPSA) is 114 Å². The Hall–Kier alpha value is -3.53. The zero-order valence-electron chi connectivity index (χ0n) is 20.7. The van der Waals surface area contributed by atoms with Crippen molar-refractivity contribution in [2.75, 3.05) is 19.8 Å². The number of aromatic nitrogens is 1. The first-order chi connectivity index (χ1) is 17.4. The number of ether oxygens (including phenoxy) is 2. The van der Waals surface area contributed by atoms with E-state index in [0.29, 0.717) is 22.9 Å². The van der Waals surface area contributed by atoms with Gasteiger partial charge in [0.1, 0.15) is 41.2 Å². The highest BCUT2D eigenvalue weighted by atomic mass is 35.5. The van der Waals surface area contributed by atoms with Crippen LogP contribution in [0.3, 0.4) is 0 Å². The van der Waals surface area contributed by atoms with E-state index in [9.17, 15) is 5.11 Å². The summed E-state index contributed by atoms with van der Waals surface area (Å²) in [4.78, 5) is 4.87. The summed E-state index contributed by atoms with van der Waals surface area (Å²) >= 11 is 1.41. The molecule has 4 rings (SSSR count). The fraction of sp³-hybridized carbons (Fsp3) is 0.286. The average molecular weight is 537 g/mol. The van der Waals surface area contributed by atoms with Crippen LogP contribution in [0.25, 0.3) is 21.3 Å². The van der Waals surface area contributed by atoms with Crippen LogP contribution in [0.5, 0.6) is 11.5 Å². The number of halogens is 1. The lowest BCUT2D eigenvalue weighted by Crippen LogP contribution is -2.46. The molecule has 7 nitrogen and oxygen atoms in total. The Morgan fingerprint density at radius 2 is 1.84 bits per heavy atom. The molecule has 0 aliphatic heterocycles. The van der Waals surface area contributed by atoms with Crippen molar-refractivity contribution < 1.29 is 14.6 Å². The van der Waals surface area contributed by atoms with Gasteiger partial charge in [0.25, 0.3) is 0 Å². The molecule has 0 saturated heterocycles. The number of aromatic amines is 1. The Morgan fingerprint density at radius 1 is 1.05 bits per heavy atom. The van der Waals surface area contributed by atoms with Crippen LogP contribution in [0, 0.1) is 22.7 Å². The summed E-state index contributed by atoms with van der Waals surface area (Å²) in [6.45, 7) is 4.69. The van der Waals surface area contributed by atoms with Gasteiger partial charge in [0, 0.05) is 34.1 Å². The third-order valence-electron chi connectivity index (χ3n) is 5.80. The van der Waals surface area contributed by atoms with E-state index in [1.165, 1.54) is 11.3 Å². The first-order valence-electron chi connectivity index (χ1n) is 11.6. The van der Waals surface area contributed by atoms with Crippen molar-refractivity contribution in [3.05, 3.63) is 71.2 Å². The molecule has 2 aromatic heterocycles. The standard InChI is InChI=1S/C28H28N4O3S.ClH/c1-28(2,14-19-16-31-27-22(19)7-5-9-25(27)34-13-12-29)32-17-20(33)18-35-24-8-4-3-6-23(24)26-11-10-21(15-30)36-26;/h3-11,16,20,31-33H,13-14,17-18H2,1-2H3;1H/t20-;/m0./s1. The molecule has 0 aliphatic carbocycles. The third kappa shape index (κ3) is 7.03. The molecule has 4 aromatic rings. The largest absolute Gasteiger partial charge is 0.490 e. The molecule has 0 bridgehead atoms. The van der Waals surface area contributed by atoms with E-state index in [1.807, 2.05) is 60.8 Å². The first kappa shape index (κ1) is 28.0. The summed E-state index contributed by atoms with van der Waals surface area (Å²) < 4.78 is 11.5. The molecule has 0 aliphatic rings. The number of nitriles is 2. The normalized spacial score (nSPS) is 11.8. The highest BCUT2D eigenvalue weighted by Gasteiger charge is 2.22. The Labute approximate surface area is 226 Å². The fourth-order valence-electron chi connectivity index (χ4n) is 4.08. The van der Waals surface area contributed by atoms with Gasteiger partial charge in [-0.1, -0.05) is 24.3 Å². The van der Waals surface area contributed by atoms with Crippen LogP contribution < -0.4 is 14.8 Å². The molecular formula is C28H29ClN4O3S. The molecule has 9 heteroatoms. The maximum absolute atomic E-state index is 10.6. The van der Waals surface area contributed by atoms with E-state index >= 15 is 0 Å². The van der Waals surface area contributed by atoms with E-state index in [2.05, 4.69) is 30.2 Å². The zero-order chi connectivity index (χ0) is 25.5. The van der Waals surface area contributed by atoms with Crippen molar-refractivity contribution in [2.24, 2.45) is 0 Å². The molecule has 0 amide bonds. The van der Waals surface area contributed by atoms with Crippen LogP contribution >= 0.6 is 23.7 Å². The summed E-state index contributed by atoms with van der Waals surface area (Å²) in [5.74, 6) is 1.33. The van der Waals surface area contributed by atoms with Gasteiger partial charge in [0.05, 0.1) is 5.52 Å². The van der Waals surface area contributed by atoms with Gasteiger partial charge >= 0.3 is 0 Å². The van der Waals surface area contributed by atoms with Gasteiger partial charge in [-0.3, -0.25) is 0 Å². The minimum atomic E-state index is -0.704. The van der Waals surface area contributed by atoms with Crippen molar-refractivity contribution in [3.8, 4) is 34.1 Å². The third-order valence-corrected chi connectivity index (χ3v) is 6.83. The van der Waals surface area contributed by atoms with Gasteiger partial charge in [0.2, 0.25) is 0 Å². The molecule has 2 aromatic carbocycles. The first-order valence-corrected chi connectivity index (χ1v) is 12.5. The van der Waals surface area contributed by atoms with Gasteiger partial charge in [0.15, 0.2) is 6.61 Å². The number of fused-ring (bicyclic) bond motifs is 1. The lowest BCUT2D eigenvalue weighted by molar-refractivity contribution is 0.0991. The van der Waals surface area contributed by atoms with E-state index in [0.717, 1.165) is 33.3 Å². The number of β-amino-alcohol motifs (C(OH)–C–C–N with tert-alkyl or cyclic N) is 1. The van der Waals surface area contributed by atoms with E-state index < -0.39 is 6.10 Å². The number of H-pyrrole nitrogens is 1. The van der Waals surface area contributed by atoms with Crippen LogP contribution in [-0.2, 0) is 6.42 Å². The Balaban J connectivity index is 0.00000380. The lowest BCUT2D eigenvalue weighted by Gasteiger charge is -2.28. The van der Waals surface area contributed by atoms with E-state index in [1.54, 1.807) is 6.07 Å². The Morgan fingerprint density at radius 3 is 2.59 bits per heavy atom. The van der Waals surface area contributed by atoms with Crippen molar-refractivity contribution in [3.63, 3.8) is 0 Å². The van der Waals surface area contributed by atoms with E-state index in [4.69, 9.17) is 20.0 Å². The summed E-state index contributed by atoms with van der Waals surface area (Å²) in [5.41, 5.74) is 2.61. The number of benzene rings is 2. The van der Waals surface area contributed by atoms with Crippen molar-refractivity contribution in [2.45, 2.75) is 31.9 Å². The zero-order valence-corrected chi connectivity index (χ0v) is 22.3. The number of hydrogen-bond donors (Lipinski definition) is 3. The number of para-hydroxylation sites is 2. The minimum absolute atomic E-state index is 0. The molecule has 0 radical (unpaired) electrons. The molecule has 37 heavy (non-hydrogen) atoms. The number of rotatable bonds is 11. The maximum Gasteiger partial charge on any atom is 0.174 e. The molecule has 2 heterocycles. The highest BCUT2D eigenvalue weighted by molar-refractivity contribution is 7.16. The molecule has 0 spiro atoms. The molecule has 192 valence electrons. The predicted octanol–water partition coefficient (Wildman–Crippen LogP) is 5.44. The monoisotopic (exact) mass is 536 g/mol. The van der Waals surface area contributed by atoms with Crippen LogP contribution in [0.2, 0.25) is 0 Å². The number of nitrogens with one attached hydrogen (secondary N) is 2. The quantitative estimate of drug-likeness (QED) is 0.235. The fourth-order valence-corrected chi connectivity index (χ4v) is 4.91. The van der Waals surface area contributed by atoms with Crippen molar-refractivity contribution in [1.82, 2.24) is 10.3 Å². The van der Waals surface area contributed by atoms with E-state index in [-0.39, 0.29) is 31.2 Å². The molecule has 0 saturated carbocycles. The van der Waals surface area contributed by atoms with Gasteiger partial charge in [-0.15, -0.1) is 23.7 Å². The van der Waals surface area contributed by atoms with Crippen LogP contribution in [-0.4, -0.2) is 41.5 Å². The lowest BCUT2D eigenvalue weighted by atomic mass is 9.94. The summed E-state index contributed by atoms with van der Waals surface area (Å²) in [6, 6.07) is 21.3. The maximum atomic E-state index is 10.6. The van der Waals surface area contributed by atoms with Gasteiger partial charge in [-0.25, -0.2) is 0 Å². The second-order valence-electron chi connectivity index (χ2n) is 9.12. The summed E-state index contributed by atoms with van der Waals surface area (Å²) in [7, 11) is 0. The van der Waals surface area contributed by atoms with Crippen LogP contribution in [0.4, 0.5) is 0 Å². The number of aliphatic hydroxyl groups is 1. The van der Waals surface area contributed by atoms with Gasteiger partial charge in [-0.05, 0) is 56.2 Å². The average Bonchev–Trinajstić information content (AvgIpc) is 3.53. The molecular weight excluding hydrogens is 508 g/mol. The van der Waals surface area contributed by atoms with Crippen LogP contribution in [0.15, 0.2) is 60.8 Å². The smallest absolute Gasteiger partial charge is 0.174 e. The highest BCUT2D eigenvalue weighted by Crippen LogP contribution is 2.35. The Kier molecular flexibility index (Phi) is 9.57. The molecule has 0 fully saturated rings.